The van der Waals surface area contributed by atoms with Crippen LogP contribution < -0.4 is 11.1 Å². The standard InChI is InChI=1S/C13H16ClN3OS/c1-7(2)9(6-15)12(18)17-13-16-10-4-3-8(14)5-11(10)19-13/h3-5,7,9H,6,15H2,1-2H3,(H,16,17,18). The van der Waals surface area contributed by atoms with Crippen molar-refractivity contribution in [2.45, 2.75) is 13.8 Å². The Labute approximate surface area is 121 Å². The Morgan fingerprint density at radius 2 is 2.26 bits per heavy atom. The minimum absolute atomic E-state index is 0.0809. The largest absolute Gasteiger partial charge is 0.330 e. The Kier molecular flexibility index (Phi) is 4.39. The van der Waals surface area contributed by atoms with E-state index < -0.39 is 0 Å². The molecule has 0 radical (unpaired) electrons. The minimum Gasteiger partial charge on any atom is -0.330 e. The predicted molar refractivity (Wildman–Crippen MR) is 80.6 cm³/mol. The van der Waals surface area contributed by atoms with Gasteiger partial charge in [-0.3, -0.25) is 4.79 Å². The van der Waals surface area contributed by atoms with Gasteiger partial charge in [0.1, 0.15) is 0 Å². The van der Waals surface area contributed by atoms with Gasteiger partial charge in [0.15, 0.2) is 5.13 Å². The zero-order valence-corrected chi connectivity index (χ0v) is 12.4. The molecule has 1 unspecified atom stereocenters. The normalized spacial score (nSPS) is 12.9. The summed E-state index contributed by atoms with van der Waals surface area (Å²) in [6, 6.07) is 5.46. The van der Waals surface area contributed by atoms with Crippen LogP contribution in [0.5, 0.6) is 0 Å². The Morgan fingerprint density at radius 1 is 1.53 bits per heavy atom. The molecule has 1 heterocycles. The summed E-state index contributed by atoms with van der Waals surface area (Å²) in [6.45, 7) is 4.30. The van der Waals surface area contributed by atoms with E-state index >= 15 is 0 Å². The number of nitrogens with one attached hydrogen (secondary N) is 1. The van der Waals surface area contributed by atoms with E-state index in [2.05, 4.69) is 10.3 Å². The lowest BCUT2D eigenvalue weighted by Gasteiger charge is -2.16. The lowest BCUT2D eigenvalue weighted by Crippen LogP contribution is -2.32. The van der Waals surface area contributed by atoms with Gasteiger partial charge >= 0.3 is 0 Å². The summed E-state index contributed by atoms with van der Waals surface area (Å²) in [5.41, 5.74) is 6.46. The molecule has 0 saturated carbocycles. The molecule has 0 bridgehead atoms. The molecule has 0 saturated heterocycles. The third-order valence-corrected chi connectivity index (χ3v) is 4.14. The molecule has 6 heteroatoms. The van der Waals surface area contributed by atoms with Crippen molar-refractivity contribution in [2.75, 3.05) is 11.9 Å². The first-order chi connectivity index (χ1) is 9.01. The molecule has 0 spiro atoms. The van der Waals surface area contributed by atoms with E-state index in [1.165, 1.54) is 11.3 Å². The number of hydrogen-bond acceptors (Lipinski definition) is 4. The van der Waals surface area contributed by atoms with Crippen molar-refractivity contribution < 1.29 is 4.79 Å². The summed E-state index contributed by atoms with van der Waals surface area (Å²) in [5.74, 6) is -0.0768. The predicted octanol–water partition coefficient (Wildman–Crippen LogP) is 3.12. The van der Waals surface area contributed by atoms with Crippen LogP contribution in [-0.2, 0) is 4.79 Å². The Bertz CT molecular complexity index is 597. The average Bonchev–Trinajstić information content (AvgIpc) is 2.70. The molecular weight excluding hydrogens is 282 g/mol. The van der Waals surface area contributed by atoms with Crippen molar-refractivity contribution >= 4 is 44.2 Å². The van der Waals surface area contributed by atoms with Crippen LogP contribution >= 0.6 is 22.9 Å². The highest BCUT2D eigenvalue weighted by atomic mass is 35.5. The highest BCUT2D eigenvalue weighted by Crippen LogP contribution is 2.28. The molecule has 1 aromatic heterocycles. The summed E-state index contributed by atoms with van der Waals surface area (Å²) in [7, 11) is 0. The number of hydrogen-bond donors (Lipinski definition) is 2. The van der Waals surface area contributed by atoms with E-state index in [4.69, 9.17) is 17.3 Å². The Hall–Kier alpha value is -1.17. The number of benzene rings is 1. The highest BCUT2D eigenvalue weighted by molar-refractivity contribution is 7.22. The van der Waals surface area contributed by atoms with Gasteiger partial charge in [0, 0.05) is 11.6 Å². The van der Waals surface area contributed by atoms with Crippen LogP contribution in [0.3, 0.4) is 0 Å². The fourth-order valence-electron chi connectivity index (χ4n) is 1.83. The van der Waals surface area contributed by atoms with E-state index in [0.717, 1.165) is 10.2 Å². The fourth-order valence-corrected chi connectivity index (χ4v) is 2.98. The van der Waals surface area contributed by atoms with E-state index in [-0.39, 0.29) is 17.7 Å². The summed E-state index contributed by atoms with van der Waals surface area (Å²) in [6.07, 6.45) is 0. The first-order valence-corrected chi connectivity index (χ1v) is 7.27. The summed E-state index contributed by atoms with van der Waals surface area (Å²) in [5, 5.41) is 4.08. The van der Waals surface area contributed by atoms with Crippen molar-refractivity contribution in [1.29, 1.82) is 0 Å². The maximum absolute atomic E-state index is 12.1. The lowest BCUT2D eigenvalue weighted by atomic mass is 9.95. The van der Waals surface area contributed by atoms with Crippen LogP contribution in [-0.4, -0.2) is 17.4 Å². The molecule has 0 aliphatic heterocycles. The molecule has 0 fully saturated rings. The Balaban J connectivity index is 2.19. The number of carbonyl (C=O) groups is 1. The lowest BCUT2D eigenvalue weighted by molar-refractivity contribution is -0.120. The van der Waals surface area contributed by atoms with E-state index in [1.807, 2.05) is 26.0 Å². The Morgan fingerprint density at radius 3 is 2.89 bits per heavy atom. The van der Waals surface area contributed by atoms with Crippen molar-refractivity contribution in [3.05, 3.63) is 23.2 Å². The van der Waals surface area contributed by atoms with Gasteiger partial charge in [0.2, 0.25) is 5.91 Å². The van der Waals surface area contributed by atoms with Gasteiger partial charge in [-0.25, -0.2) is 4.98 Å². The van der Waals surface area contributed by atoms with Gasteiger partial charge in [-0.15, -0.1) is 0 Å². The molecule has 0 aliphatic carbocycles. The maximum atomic E-state index is 12.1. The maximum Gasteiger partial charge on any atom is 0.230 e. The number of anilines is 1. The summed E-state index contributed by atoms with van der Waals surface area (Å²) >= 11 is 7.33. The minimum atomic E-state index is -0.199. The van der Waals surface area contributed by atoms with Gasteiger partial charge in [-0.1, -0.05) is 36.8 Å². The molecule has 2 rings (SSSR count). The number of thiazole rings is 1. The van der Waals surface area contributed by atoms with Crippen LogP contribution in [0.2, 0.25) is 5.02 Å². The molecule has 1 amide bonds. The van der Waals surface area contributed by atoms with Gasteiger partial charge in [-0.2, -0.15) is 0 Å². The number of amides is 1. The van der Waals surface area contributed by atoms with E-state index in [0.29, 0.717) is 16.7 Å². The quantitative estimate of drug-likeness (QED) is 0.911. The smallest absolute Gasteiger partial charge is 0.230 e. The first-order valence-electron chi connectivity index (χ1n) is 6.08. The molecule has 4 nitrogen and oxygen atoms in total. The zero-order chi connectivity index (χ0) is 14.0. The number of nitrogens with two attached hydrogens (primary N) is 1. The molecule has 1 atom stereocenters. The molecule has 3 N–H and O–H groups in total. The van der Waals surface area contributed by atoms with Crippen molar-refractivity contribution in [3.8, 4) is 0 Å². The van der Waals surface area contributed by atoms with E-state index in [9.17, 15) is 4.79 Å². The second-order valence-electron chi connectivity index (χ2n) is 4.71. The van der Waals surface area contributed by atoms with Crippen molar-refractivity contribution in [2.24, 2.45) is 17.6 Å². The number of rotatable bonds is 4. The van der Waals surface area contributed by atoms with Gasteiger partial charge < -0.3 is 11.1 Å². The van der Waals surface area contributed by atoms with Gasteiger partial charge in [-0.05, 0) is 24.1 Å². The number of aromatic nitrogens is 1. The van der Waals surface area contributed by atoms with Crippen molar-refractivity contribution in [3.63, 3.8) is 0 Å². The molecule has 19 heavy (non-hydrogen) atoms. The first kappa shape index (κ1) is 14.2. The van der Waals surface area contributed by atoms with Crippen LogP contribution in [0.1, 0.15) is 13.8 Å². The number of fused-ring (bicyclic) bond motifs is 1. The summed E-state index contributed by atoms with van der Waals surface area (Å²) < 4.78 is 0.955. The number of carbonyl (C=O) groups excluding carboxylic acids is 1. The van der Waals surface area contributed by atoms with Crippen LogP contribution in [0.4, 0.5) is 5.13 Å². The number of halogens is 1. The SMILES string of the molecule is CC(C)C(CN)C(=O)Nc1nc2ccc(Cl)cc2s1. The summed E-state index contributed by atoms with van der Waals surface area (Å²) in [4.78, 5) is 16.4. The molecule has 102 valence electrons. The third-order valence-electron chi connectivity index (χ3n) is 2.98. The molecule has 1 aromatic carbocycles. The molecule has 0 aliphatic rings. The zero-order valence-electron chi connectivity index (χ0n) is 10.8. The van der Waals surface area contributed by atoms with Crippen LogP contribution in [0.15, 0.2) is 18.2 Å². The number of nitrogens with zero attached hydrogens (tertiary/aromatic N) is 1. The van der Waals surface area contributed by atoms with Gasteiger partial charge in [0.05, 0.1) is 16.1 Å². The molecular formula is C13H16ClN3OS. The van der Waals surface area contributed by atoms with E-state index in [1.54, 1.807) is 6.07 Å². The topological polar surface area (TPSA) is 68.0 Å². The second-order valence-corrected chi connectivity index (χ2v) is 6.17. The van der Waals surface area contributed by atoms with Crippen LogP contribution in [0, 0.1) is 11.8 Å². The highest BCUT2D eigenvalue weighted by Gasteiger charge is 2.21. The monoisotopic (exact) mass is 297 g/mol. The third kappa shape index (κ3) is 3.23. The average molecular weight is 298 g/mol. The second kappa shape index (κ2) is 5.86. The van der Waals surface area contributed by atoms with Gasteiger partial charge in [0.25, 0.3) is 0 Å². The molecule has 2 aromatic rings. The van der Waals surface area contributed by atoms with Crippen LogP contribution in [0.25, 0.3) is 10.2 Å². The fraction of sp³-hybridized carbons (Fsp3) is 0.385. The van der Waals surface area contributed by atoms with Crippen molar-refractivity contribution in [1.82, 2.24) is 4.98 Å².